The van der Waals surface area contributed by atoms with Gasteiger partial charge in [-0.3, -0.25) is 9.59 Å². The molecule has 0 fully saturated rings. The number of hydrogen-bond donors (Lipinski definition) is 2. The zero-order chi connectivity index (χ0) is 19.4. The SMILES string of the molecule is CC(=O)c1c[nH]c(C(=O)OCC(=O)N[C@@H](C)c2ccc3c(c2)CCCC3)c1. The highest BCUT2D eigenvalue weighted by molar-refractivity contribution is 5.97. The van der Waals surface area contributed by atoms with Crippen LogP contribution in [-0.4, -0.2) is 29.3 Å². The third-order valence-electron chi connectivity index (χ3n) is 4.89. The molecule has 0 spiro atoms. The van der Waals surface area contributed by atoms with Crippen LogP contribution in [0.5, 0.6) is 0 Å². The lowest BCUT2D eigenvalue weighted by Crippen LogP contribution is -2.31. The molecule has 0 bridgehead atoms. The summed E-state index contributed by atoms with van der Waals surface area (Å²) in [6.45, 7) is 2.95. The Hall–Kier alpha value is -2.89. The summed E-state index contributed by atoms with van der Waals surface area (Å²) >= 11 is 0. The van der Waals surface area contributed by atoms with Gasteiger partial charge in [-0.2, -0.15) is 0 Å². The molecule has 0 unspecified atom stereocenters. The van der Waals surface area contributed by atoms with Gasteiger partial charge in [-0.05, 0) is 62.3 Å². The minimum Gasteiger partial charge on any atom is -0.451 e. The molecule has 1 aliphatic carbocycles. The van der Waals surface area contributed by atoms with E-state index in [1.807, 2.05) is 13.0 Å². The third kappa shape index (κ3) is 4.64. The lowest BCUT2D eigenvalue weighted by atomic mass is 9.89. The molecule has 6 heteroatoms. The molecule has 1 atom stereocenters. The topological polar surface area (TPSA) is 88.3 Å². The molecular weight excluding hydrogens is 344 g/mol. The Bertz CT molecular complexity index is 869. The summed E-state index contributed by atoms with van der Waals surface area (Å²) in [5, 5.41) is 2.85. The van der Waals surface area contributed by atoms with Gasteiger partial charge in [0.15, 0.2) is 12.4 Å². The van der Waals surface area contributed by atoms with Crippen LogP contribution in [0.4, 0.5) is 0 Å². The number of aryl methyl sites for hydroxylation is 2. The Morgan fingerprint density at radius 2 is 1.89 bits per heavy atom. The lowest BCUT2D eigenvalue weighted by Gasteiger charge is -2.20. The number of H-pyrrole nitrogens is 1. The van der Waals surface area contributed by atoms with Gasteiger partial charge >= 0.3 is 5.97 Å². The average molecular weight is 368 g/mol. The number of benzene rings is 1. The summed E-state index contributed by atoms with van der Waals surface area (Å²) in [4.78, 5) is 38.0. The van der Waals surface area contributed by atoms with Crippen molar-refractivity contribution in [3.8, 4) is 0 Å². The molecule has 27 heavy (non-hydrogen) atoms. The molecule has 6 nitrogen and oxygen atoms in total. The van der Waals surface area contributed by atoms with E-state index < -0.39 is 5.97 Å². The van der Waals surface area contributed by atoms with Crippen molar-refractivity contribution < 1.29 is 19.1 Å². The molecule has 1 amide bonds. The highest BCUT2D eigenvalue weighted by Crippen LogP contribution is 2.24. The number of carbonyl (C=O) groups is 3. The molecule has 2 N–H and O–H groups in total. The largest absolute Gasteiger partial charge is 0.451 e. The molecule has 1 aromatic heterocycles. The van der Waals surface area contributed by atoms with E-state index >= 15 is 0 Å². The zero-order valence-corrected chi connectivity index (χ0v) is 15.6. The summed E-state index contributed by atoms with van der Waals surface area (Å²) in [6, 6.07) is 7.60. The Kier molecular flexibility index (Phi) is 5.74. The van der Waals surface area contributed by atoms with E-state index in [0.29, 0.717) is 5.56 Å². The number of hydrogen-bond acceptors (Lipinski definition) is 4. The van der Waals surface area contributed by atoms with E-state index in [0.717, 1.165) is 18.4 Å². The third-order valence-corrected chi connectivity index (χ3v) is 4.89. The maximum absolute atomic E-state index is 12.1. The number of ketones is 1. The summed E-state index contributed by atoms with van der Waals surface area (Å²) in [6.07, 6.45) is 6.09. The molecule has 3 rings (SSSR count). The number of rotatable bonds is 6. The number of carbonyl (C=O) groups excluding carboxylic acids is 3. The van der Waals surface area contributed by atoms with Gasteiger partial charge in [-0.25, -0.2) is 4.79 Å². The second-order valence-corrected chi connectivity index (χ2v) is 6.96. The minimum absolute atomic E-state index is 0.149. The van der Waals surface area contributed by atoms with E-state index in [1.165, 1.54) is 43.2 Å². The van der Waals surface area contributed by atoms with E-state index in [1.54, 1.807) is 0 Å². The van der Waals surface area contributed by atoms with Gasteiger partial charge in [-0.1, -0.05) is 18.2 Å². The molecule has 0 saturated heterocycles. The number of fused-ring (bicyclic) bond motifs is 1. The van der Waals surface area contributed by atoms with Gasteiger partial charge in [0, 0.05) is 11.8 Å². The van der Waals surface area contributed by atoms with Crippen LogP contribution in [0.15, 0.2) is 30.5 Å². The van der Waals surface area contributed by atoms with Crippen molar-refractivity contribution >= 4 is 17.7 Å². The Labute approximate surface area is 158 Å². The fraction of sp³-hybridized carbons (Fsp3) is 0.381. The smallest absolute Gasteiger partial charge is 0.355 e. The van der Waals surface area contributed by atoms with E-state index in [9.17, 15) is 14.4 Å². The Morgan fingerprint density at radius 3 is 2.59 bits per heavy atom. The molecule has 142 valence electrons. The summed E-state index contributed by atoms with van der Waals surface area (Å²) in [5.41, 5.74) is 4.35. The predicted molar refractivity (Wildman–Crippen MR) is 101 cm³/mol. The molecule has 1 aliphatic rings. The number of esters is 1. The highest BCUT2D eigenvalue weighted by Gasteiger charge is 2.17. The summed E-state index contributed by atoms with van der Waals surface area (Å²) in [5.74, 6) is -1.19. The van der Waals surface area contributed by atoms with Crippen LogP contribution < -0.4 is 5.32 Å². The quantitative estimate of drug-likeness (QED) is 0.606. The number of aromatic amines is 1. The second-order valence-electron chi connectivity index (χ2n) is 6.96. The Balaban J connectivity index is 1.52. The summed E-state index contributed by atoms with van der Waals surface area (Å²) < 4.78 is 5.02. The van der Waals surface area contributed by atoms with Gasteiger partial charge in [0.05, 0.1) is 6.04 Å². The fourth-order valence-electron chi connectivity index (χ4n) is 3.31. The Morgan fingerprint density at radius 1 is 1.15 bits per heavy atom. The maximum atomic E-state index is 12.1. The first-order valence-corrected chi connectivity index (χ1v) is 9.21. The maximum Gasteiger partial charge on any atom is 0.355 e. The molecule has 0 radical (unpaired) electrons. The van der Waals surface area contributed by atoms with Gasteiger partial charge in [-0.15, -0.1) is 0 Å². The first kappa shape index (κ1) is 18.9. The molecule has 1 aromatic carbocycles. The first-order chi connectivity index (χ1) is 12.9. The fourth-order valence-corrected chi connectivity index (χ4v) is 3.31. The zero-order valence-electron chi connectivity index (χ0n) is 15.6. The van der Waals surface area contributed by atoms with Crippen LogP contribution in [0.2, 0.25) is 0 Å². The van der Waals surface area contributed by atoms with Crippen molar-refractivity contribution in [2.24, 2.45) is 0 Å². The summed E-state index contributed by atoms with van der Waals surface area (Å²) in [7, 11) is 0. The van der Waals surface area contributed by atoms with Crippen molar-refractivity contribution in [1.29, 1.82) is 0 Å². The van der Waals surface area contributed by atoms with Crippen molar-refractivity contribution in [1.82, 2.24) is 10.3 Å². The predicted octanol–water partition coefficient (Wildman–Crippen LogP) is 3.13. The van der Waals surface area contributed by atoms with Crippen molar-refractivity contribution in [2.45, 2.75) is 45.6 Å². The highest BCUT2D eigenvalue weighted by atomic mass is 16.5. The van der Waals surface area contributed by atoms with Crippen LogP contribution in [-0.2, 0) is 22.4 Å². The second kappa shape index (κ2) is 8.20. The normalized spacial score (nSPS) is 14.1. The lowest BCUT2D eigenvalue weighted by molar-refractivity contribution is -0.124. The van der Waals surface area contributed by atoms with Crippen LogP contribution in [0.1, 0.15) is 70.3 Å². The first-order valence-electron chi connectivity index (χ1n) is 9.21. The van der Waals surface area contributed by atoms with Crippen LogP contribution >= 0.6 is 0 Å². The average Bonchev–Trinajstić information content (AvgIpc) is 3.16. The molecule has 2 aromatic rings. The van der Waals surface area contributed by atoms with Crippen molar-refractivity contribution in [2.75, 3.05) is 6.61 Å². The van der Waals surface area contributed by atoms with Gasteiger partial charge in [0.25, 0.3) is 5.91 Å². The van der Waals surface area contributed by atoms with Gasteiger partial charge < -0.3 is 15.0 Å². The number of aromatic nitrogens is 1. The van der Waals surface area contributed by atoms with E-state index in [2.05, 4.69) is 22.4 Å². The minimum atomic E-state index is -0.668. The molecule has 0 aliphatic heterocycles. The van der Waals surface area contributed by atoms with Crippen LogP contribution in [0, 0.1) is 0 Å². The van der Waals surface area contributed by atoms with Crippen LogP contribution in [0.3, 0.4) is 0 Å². The van der Waals surface area contributed by atoms with Crippen LogP contribution in [0.25, 0.3) is 0 Å². The molecular formula is C21H24N2O4. The number of nitrogens with one attached hydrogen (secondary N) is 2. The van der Waals surface area contributed by atoms with Gasteiger partial charge in [0.1, 0.15) is 5.69 Å². The van der Waals surface area contributed by atoms with E-state index in [-0.39, 0.29) is 30.0 Å². The van der Waals surface area contributed by atoms with Crippen molar-refractivity contribution in [3.63, 3.8) is 0 Å². The standard InChI is InChI=1S/C21H24N2O4/c1-13(16-8-7-15-5-3-4-6-17(15)9-16)23-20(25)12-27-21(26)19-10-18(11-22-19)14(2)24/h7-11,13,22H,3-6,12H2,1-2H3,(H,23,25)/t13-/m0/s1. The van der Waals surface area contributed by atoms with Gasteiger partial charge in [0.2, 0.25) is 0 Å². The van der Waals surface area contributed by atoms with E-state index in [4.69, 9.17) is 4.74 Å². The number of amides is 1. The molecule has 0 saturated carbocycles. The number of Topliss-reactive ketones (excluding diaryl/α,β-unsaturated/α-hetero) is 1. The van der Waals surface area contributed by atoms with Crippen molar-refractivity contribution in [3.05, 3.63) is 58.4 Å². The molecule has 1 heterocycles. The number of ether oxygens (including phenoxy) is 1. The monoisotopic (exact) mass is 368 g/mol.